The second-order valence-electron chi connectivity index (χ2n) is 5.75. The zero-order chi connectivity index (χ0) is 14.4. The SMILES string of the molecule is CC(C)CNCC(Cc1cn(C)nn1)c1ccccc1. The van der Waals surface area contributed by atoms with E-state index in [1.807, 2.05) is 13.2 Å². The van der Waals surface area contributed by atoms with E-state index in [9.17, 15) is 0 Å². The van der Waals surface area contributed by atoms with E-state index in [1.54, 1.807) is 4.68 Å². The highest BCUT2D eigenvalue weighted by atomic mass is 15.4. The average Bonchev–Trinajstić information content (AvgIpc) is 2.84. The smallest absolute Gasteiger partial charge is 0.0833 e. The number of aryl methyl sites for hydroxylation is 1. The molecular formula is C16H24N4. The van der Waals surface area contributed by atoms with Crippen LogP contribution in [0.3, 0.4) is 0 Å². The Bertz CT molecular complexity index is 504. The predicted molar refractivity (Wildman–Crippen MR) is 81.6 cm³/mol. The molecule has 1 N–H and O–H groups in total. The van der Waals surface area contributed by atoms with Gasteiger partial charge in [-0.3, -0.25) is 4.68 Å². The first-order valence-electron chi connectivity index (χ1n) is 7.26. The van der Waals surface area contributed by atoms with Crippen molar-refractivity contribution in [2.75, 3.05) is 13.1 Å². The minimum Gasteiger partial charge on any atom is -0.316 e. The van der Waals surface area contributed by atoms with Crippen LogP contribution in [-0.4, -0.2) is 28.1 Å². The van der Waals surface area contributed by atoms with Crippen molar-refractivity contribution in [1.29, 1.82) is 0 Å². The number of nitrogens with zero attached hydrogens (tertiary/aromatic N) is 3. The molecule has 1 aromatic heterocycles. The largest absolute Gasteiger partial charge is 0.316 e. The summed E-state index contributed by atoms with van der Waals surface area (Å²) in [7, 11) is 1.91. The minimum absolute atomic E-state index is 0.437. The maximum atomic E-state index is 4.21. The molecule has 0 saturated heterocycles. The highest BCUT2D eigenvalue weighted by Crippen LogP contribution is 2.19. The quantitative estimate of drug-likeness (QED) is 0.841. The highest BCUT2D eigenvalue weighted by molar-refractivity contribution is 5.21. The molecule has 0 spiro atoms. The summed E-state index contributed by atoms with van der Waals surface area (Å²) in [5.74, 6) is 1.11. The van der Waals surface area contributed by atoms with Crippen molar-refractivity contribution in [3.05, 3.63) is 47.8 Å². The monoisotopic (exact) mass is 272 g/mol. The van der Waals surface area contributed by atoms with Gasteiger partial charge in [0.25, 0.3) is 0 Å². The predicted octanol–water partition coefficient (Wildman–Crippen LogP) is 2.39. The summed E-state index contributed by atoms with van der Waals surface area (Å²) in [6, 6.07) is 10.6. The van der Waals surface area contributed by atoms with Gasteiger partial charge < -0.3 is 5.32 Å². The van der Waals surface area contributed by atoms with Gasteiger partial charge in [-0.2, -0.15) is 0 Å². The molecule has 2 rings (SSSR count). The van der Waals surface area contributed by atoms with Crippen molar-refractivity contribution in [2.24, 2.45) is 13.0 Å². The van der Waals surface area contributed by atoms with Crippen molar-refractivity contribution in [2.45, 2.75) is 26.2 Å². The van der Waals surface area contributed by atoms with Gasteiger partial charge in [0.1, 0.15) is 0 Å². The molecule has 2 aromatic rings. The lowest BCUT2D eigenvalue weighted by atomic mass is 9.94. The Morgan fingerprint density at radius 3 is 2.50 bits per heavy atom. The normalized spacial score (nSPS) is 12.8. The maximum Gasteiger partial charge on any atom is 0.0833 e. The van der Waals surface area contributed by atoms with Crippen LogP contribution in [0.15, 0.2) is 36.5 Å². The molecular weight excluding hydrogens is 248 g/mol. The van der Waals surface area contributed by atoms with E-state index in [0.29, 0.717) is 11.8 Å². The standard InChI is InChI=1S/C16H24N4/c1-13(2)10-17-11-15(14-7-5-4-6-8-14)9-16-12-20(3)19-18-16/h4-8,12-13,15,17H,9-11H2,1-3H3. The van der Waals surface area contributed by atoms with Crippen molar-refractivity contribution in [3.63, 3.8) is 0 Å². The van der Waals surface area contributed by atoms with E-state index in [-0.39, 0.29) is 0 Å². The molecule has 1 heterocycles. The first-order chi connectivity index (χ1) is 9.65. The van der Waals surface area contributed by atoms with E-state index in [0.717, 1.165) is 25.2 Å². The summed E-state index contributed by atoms with van der Waals surface area (Å²) in [6.45, 7) is 6.48. The molecule has 0 amide bonds. The van der Waals surface area contributed by atoms with Crippen LogP contribution in [0.25, 0.3) is 0 Å². The Labute approximate surface area is 121 Å². The van der Waals surface area contributed by atoms with Gasteiger partial charge in [0.2, 0.25) is 0 Å². The molecule has 1 atom stereocenters. The molecule has 0 aliphatic heterocycles. The lowest BCUT2D eigenvalue weighted by molar-refractivity contribution is 0.512. The van der Waals surface area contributed by atoms with E-state index >= 15 is 0 Å². The number of nitrogens with one attached hydrogen (secondary N) is 1. The van der Waals surface area contributed by atoms with E-state index in [2.05, 4.69) is 59.8 Å². The third-order valence-corrected chi connectivity index (χ3v) is 3.32. The van der Waals surface area contributed by atoms with Crippen LogP contribution < -0.4 is 5.32 Å². The first kappa shape index (κ1) is 14.7. The number of hydrogen-bond acceptors (Lipinski definition) is 3. The third kappa shape index (κ3) is 4.46. The molecule has 0 aliphatic carbocycles. The van der Waals surface area contributed by atoms with Gasteiger partial charge in [0.05, 0.1) is 5.69 Å². The highest BCUT2D eigenvalue weighted by Gasteiger charge is 2.14. The van der Waals surface area contributed by atoms with Gasteiger partial charge in [-0.05, 0) is 18.0 Å². The Morgan fingerprint density at radius 1 is 1.15 bits per heavy atom. The Kier molecular flexibility index (Phi) is 5.30. The van der Waals surface area contributed by atoms with E-state index in [4.69, 9.17) is 0 Å². The lowest BCUT2D eigenvalue weighted by Gasteiger charge is -2.18. The van der Waals surface area contributed by atoms with Crippen molar-refractivity contribution in [1.82, 2.24) is 20.3 Å². The first-order valence-corrected chi connectivity index (χ1v) is 7.26. The third-order valence-electron chi connectivity index (χ3n) is 3.32. The molecule has 4 nitrogen and oxygen atoms in total. The zero-order valence-electron chi connectivity index (χ0n) is 12.6. The minimum atomic E-state index is 0.437. The number of aromatic nitrogens is 3. The fourth-order valence-electron chi connectivity index (χ4n) is 2.32. The van der Waals surface area contributed by atoms with Crippen LogP contribution >= 0.6 is 0 Å². The molecule has 20 heavy (non-hydrogen) atoms. The summed E-state index contributed by atoms with van der Waals surface area (Å²) in [4.78, 5) is 0. The molecule has 108 valence electrons. The molecule has 4 heteroatoms. The van der Waals surface area contributed by atoms with E-state index < -0.39 is 0 Å². The fourth-order valence-corrected chi connectivity index (χ4v) is 2.32. The number of benzene rings is 1. The van der Waals surface area contributed by atoms with Gasteiger partial charge in [-0.15, -0.1) is 5.10 Å². The Balaban J connectivity index is 2.03. The van der Waals surface area contributed by atoms with Crippen molar-refractivity contribution in [3.8, 4) is 0 Å². The molecule has 0 radical (unpaired) electrons. The maximum absolute atomic E-state index is 4.21. The van der Waals surface area contributed by atoms with Crippen LogP contribution in [-0.2, 0) is 13.5 Å². The second-order valence-corrected chi connectivity index (χ2v) is 5.75. The van der Waals surface area contributed by atoms with Gasteiger partial charge >= 0.3 is 0 Å². The molecule has 0 fully saturated rings. The van der Waals surface area contributed by atoms with E-state index in [1.165, 1.54) is 5.56 Å². The zero-order valence-corrected chi connectivity index (χ0v) is 12.6. The van der Waals surface area contributed by atoms with Crippen LogP contribution in [0.1, 0.15) is 31.0 Å². The molecule has 1 unspecified atom stereocenters. The second kappa shape index (κ2) is 7.20. The summed E-state index contributed by atoms with van der Waals surface area (Å²) >= 11 is 0. The molecule has 1 aromatic carbocycles. The topological polar surface area (TPSA) is 42.7 Å². The molecule has 0 aliphatic rings. The molecule has 0 bridgehead atoms. The van der Waals surface area contributed by atoms with Crippen LogP contribution in [0, 0.1) is 5.92 Å². The Hall–Kier alpha value is -1.68. The van der Waals surface area contributed by atoms with Gasteiger partial charge in [0, 0.05) is 32.1 Å². The van der Waals surface area contributed by atoms with Crippen LogP contribution in [0.4, 0.5) is 0 Å². The van der Waals surface area contributed by atoms with Gasteiger partial charge in [0.15, 0.2) is 0 Å². The summed E-state index contributed by atoms with van der Waals surface area (Å²) in [6.07, 6.45) is 2.92. The van der Waals surface area contributed by atoms with Crippen LogP contribution in [0.2, 0.25) is 0 Å². The van der Waals surface area contributed by atoms with Gasteiger partial charge in [-0.25, -0.2) is 0 Å². The average molecular weight is 272 g/mol. The number of hydrogen-bond donors (Lipinski definition) is 1. The summed E-state index contributed by atoms with van der Waals surface area (Å²) in [5, 5.41) is 11.8. The lowest BCUT2D eigenvalue weighted by Crippen LogP contribution is -2.26. The van der Waals surface area contributed by atoms with Crippen LogP contribution in [0.5, 0.6) is 0 Å². The summed E-state index contributed by atoms with van der Waals surface area (Å²) in [5.41, 5.74) is 2.40. The van der Waals surface area contributed by atoms with Crippen molar-refractivity contribution >= 4 is 0 Å². The summed E-state index contributed by atoms with van der Waals surface area (Å²) < 4.78 is 1.76. The number of rotatable bonds is 7. The fraction of sp³-hybridized carbons (Fsp3) is 0.500. The van der Waals surface area contributed by atoms with Crippen molar-refractivity contribution < 1.29 is 0 Å². The molecule has 0 saturated carbocycles. The Morgan fingerprint density at radius 2 is 1.90 bits per heavy atom. The van der Waals surface area contributed by atoms with Gasteiger partial charge in [-0.1, -0.05) is 49.4 Å².